The quantitative estimate of drug-likeness (QED) is 0.621. The summed E-state index contributed by atoms with van der Waals surface area (Å²) in [6, 6.07) is 8.46. The Morgan fingerprint density at radius 3 is 2.64 bits per heavy atom. The number of hydrogen-bond donors (Lipinski definition) is 2. The van der Waals surface area contributed by atoms with Crippen molar-refractivity contribution < 1.29 is 19.1 Å². The summed E-state index contributed by atoms with van der Waals surface area (Å²) in [6.07, 6.45) is 0. The number of rotatable bonds is 6. The van der Waals surface area contributed by atoms with Gasteiger partial charge in [-0.15, -0.1) is 0 Å². The van der Waals surface area contributed by atoms with E-state index in [9.17, 15) is 9.59 Å². The molecule has 2 rings (SSSR count). The van der Waals surface area contributed by atoms with Crippen LogP contribution in [0, 0.1) is 0 Å². The van der Waals surface area contributed by atoms with Crippen LogP contribution >= 0.6 is 0 Å². The molecule has 0 unspecified atom stereocenters. The fourth-order valence-electron chi connectivity index (χ4n) is 2.28. The molecule has 2 N–H and O–H groups in total. The van der Waals surface area contributed by atoms with Gasteiger partial charge in [-0.05, 0) is 19.4 Å². The molecule has 22 heavy (non-hydrogen) atoms. The van der Waals surface area contributed by atoms with Crippen LogP contribution in [0.1, 0.15) is 25.5 Å². The molecule has 118 valence electrons. The minimum Gasteiger partial charge on any atom is -0.460 e. The fraction of sp³-hybridized carbons (Fsp3) is 0.375. The van der Waals surface area contributed by atoms with Crippen molar-refractivity contribution in [3.8, 4) is 0 Å². The van der Waals surface area contributed by atoms with Crippen LogP contribution in [0.15, 0.2) is 41.6 Å². The highest BCUT2D eigenvalue weighted by Gasteiger charge is 2.31. The van der Waals surface area contributed by atoms with Crippen molar-refractivity contribution >= 4 is 12.0 Å². The third-order valence-electron chi connectivity index (χ3n) is 3.29. The van der Waals surface area contributed by atoms with Crippen molar-refractivity contribution in [1.82, 2.24) is 10.6 Å². The molecule has 1 aromatic rings. The highest BCUT2D eigenvalue weighted by molar-refractivity contribution is 5.95. The SMILES string of the molecule is CCOCCOC(=O)C1=C(C)NC(=O)N[C@H]1c1ccccc1. The smallest absolute Gasteiger partial charge is 0.338 e. The molecule has 6 nitrogen and oxygen atoms in total. The Balaban J connectivity index is 2.18. The third kappa shape index (κ3) is 3.85. The summed E-state index contributed by atoms with van der Waals surface area (Å²) in [5.74, 6) is -0.460. The van der Waals surface area contributed by atoms with E-state index in [2.05, 4.69) is 10.6 Å². The van der Waals surface area contributed by atoms with Crippen molar-refractivity contribution in [3.05, 3.63) is 47.2 Å². The van der Waals surface area contributed by atoms with Crippen LogP contribution in [0.2, 0.25) is 0 Å². The molecule has 0 fully saturated rings. The zero-order valence-corrected chi connectivity index (χ0v) is 12.7. The van der Waals surface area contributed by atoms with Gasteiger partial charge < -0.3 is 20.1 Å². The maximum atomic E-state index is 12.3. The topological polar surface area (TPSA) is 76.7 Å². The van der Waals surface area contributed by atoms with Crippen molar-refractivity contribution in [2.75, 3.05) is 19.8 Å². The molecule has 0 spiro atoms. The average molecular weight is 304 g/mol. The molecule has 0 bridgehead atoms. The maximum absolute atomic E-state index is 12.3. The Hall–Kier alpha value is -2.34. The minimum absolute atomic E-state index is 0.179. The number of hydrogen-bond acceptors (Lipinski definition) is 4. The molecular formula is C16H20N2O4. The summed E-state index contributed by atoms with van der Waals surface area (Å²) < 4.78 is 10.4. The van der Waals surface area contributed by atoms with Crippen LogP contribution in [0.3, 0.4) is 0 Å². The zero-order chi connectivity index (χ0) is 15.9. The number of benzene rings is 1. The second kappa shape index (κ2) is 7.61. The van der Waals surface area contributed by atoms with Gasteiger partial charge in [0.25, 0.3) is 0 Å². The fourth-order valence-corrected chi connectivity index (χ4v) is 2.28. The van der Waals surface area contributed by atoms with E-state index in [1.807, 2.05) is 37.3 Å². The van der Waals surface area contributed by atoms with E-state index in [4.69, 9.17) is 9.47 Å². The molecule has 1 heterocycles. The summed E-state index contributed by atoms with van der Waals surface area (Å²) in [4.78, 5) is 24.0. The van der Waals surface area contributed by atoms with Gasteiger partial charge in [-0.25, -0.2) is 9.59 Å². The first kappa shape index (κ1) is 16.0. The highest BCUT2D eigenvalue weighted by Crippen LogP contribution is 2.27. The standard InChI is InChI=1S/C16H20N2O4/c1-3-21-9-10-22-15(19)13-11(2)17-16(20)18-14(13)12-7-5-4-6-8-12/h4-8,14H,3,9-10H2,1-2H3,(H2,17,18,20)/t14-/m0/s1. The molecule has 0 saturated heterocycles. The van der Waals surface area contributed by atoms with Crippen LogP contribution in [0.4, 0.5) is 4.79 Å². The third-order valence-corrected chi connectivity index (χ3v) is 3.29. The van der Waals surface area contributed by atoms with E-state index in [0.717, 1.165) is 5.56 Å². The number of amides is 2. The summed E-state index contributed by atoms with van der Waals surface area (Å²) >= 11 is 0. The molecule has 1 aliphatic rings. The predicted octanol–water partition coefficient (Wildman–Crippen LogP) is 1.89. The van der Waals surface area contributed by atoms with Crippen LogP contribution in [-0.4, -0.2) is 31.8 Å². The lowest BCUT2D eigenvalue weighted by molar-refractivity contribution is -0.141. The van der Waals surface area contributed by atoms with Gasteiger partial charge in [-0.3, -0.25) is 0 Å². The normalized spacial score (nSPS) is 17.7. The van der Waals surface area contributed by atoms with Gasteiger partial charge >= 0.3 is 12.0 Å². The first-order valence-electron chi connectivity index (χ1n) is 7.21. The van der Waals surface area contributed by atoms with Crippen molar-refractivity contribution in [3.63, 3.8) is 0 Å². The zero-order valence-electron chi connectivity index (χ0n) is 12.7. The Morgan fingerprint density at radius 1 is 1.23 bits per heavy atom. The van der Waals surface area contributed by atoms with E-state index >= 15 is 0 Å². The van der Waals surface area contributed by atoms with Crippen LogP contribution in [-0.2, 0) is 14.3 Å². The van der Waals surface area contributed by atoms with Crippen LogP contribution < -0.4 is 10.6 Å². The van der Waals surface area contributed by atoms with Gasteiger partial charge in [0.2, 0.25) is 0 Å². The van der Waals surface area contributed by atoms with Gasteiger partial charge in [-0.2, -0.15) is 0 Å². The van der Waals surface area contributed by atoms with Gasteiger partial charge in [0, 0.05) is 12.3 Å². The lowest BCUT2D eigenvalue weighted by Crippen LogP contribution is -2.45. The monoisotopic (exact) mass is 304 g/mol. The first-order valence-corrected chi connectivity index (χ1v) is 7.21. The molecule has 0 aliphatic carbocycles. The Bertz CT molecular complexity index is 569. The Labute approximate surface area is 129 Å². The van der Waals surface area contributed by atoms with Gasteiger partial charge in [-0.1, -0.05) is 30.3 Å². The first-order chi connectivity index (χ1) is 10.6. The molecule has 1 aliphatic heterocycles. The number of nitrogens with one attached hydrogen (secondary N) is 2. The van der Waals surface area contributed by atoms with E-state index in [1.165, 1.54) is 0 Å². The average Bonchev–Trinajstić information content (AvgIpc) is 2.51. The second-order valence-electron chi connectivity index (χ2n) is 4.81. The van der Waals surface area contributed by atoms with E-state index < -0.39 is 12.0 Å². The summed E-state index contributed by atoms with van der Waals surface area (Å²) in [7, 11) is 0. The number of carbonyl (C=O) groups excluding carboxylic acids is 2. The highest BCUT2D eigenvalue weighted by atomic mass is 16.6. The molecule has 2 amide bonds. The molecule has 0 aromatic heterocycles. The summed E-state index contributed by atoms with van der Waals surface area (Å²) in [6.45, 7) is 4.67. The minimum atomic E-state index is -0.519. The van der Waals surface area contributed by atoms with Crippen molar-refractivity contribution in [2.24, 2.45) is 0 Å². The molecule has 0 saturated carbocycles. The van der Waals surface area contributed by atoms with Crippen molar-refractivity contribution in [1.29, 1.82) is 0 Å². The van der Waals surface area contributed by atoms with E-state index in [1.54, 1.807) is 6.92 Å². The van der Waals surface area contributed by atoms with Crippen LogP contribution in [0.25, 0.3) is 0 Å². The van der Waals surface area contributed by atoms with Crippen LogP contribution in [0.5, 0.6) is 0 Å². The summed E-state index contributed by atoms with van der Waals surface area (Å²) in [5.41, 5.74) is 1.73. The van der Waals surface area contributed by atoms with Gasteiger partial charge in [0.15, 0.2) is 0 Å². The molecule has 6 heteroatoms. The number of allylic oxidation sites excluding steroid dienone is 1. The Kier molecular flexibility index (Phi) is 5.55. The van der Waals surface area contributed by atoms with E-state index in [-0.39, 0.29) is 12.6 Å². The molecule has 1 aromatic carbocycles. The molecular weight excluding hydrogens is 284 g/mol. The number of carbonyl (C=O) groups is 2. The number of ether oxygens (including phenoxy) is 2. The van der Waals surface area contributed by atoms with E-state index in [0.29, 0.717) is 24.5 Å². The second-order valence-corrected chi connectivity index (χ2v) is 4.81. The van der Waals surface area contributed by atoms with Gasteiger partial charge in [0.1, 0.15) is 6.61 Å². The Morgan fingerprint density at radius 2 is 1.95 bits per heavy atom. The van der Waals surface area contributed by atoms with Crippen molar-refractivity contribution in [2.45, 2.75) is 19.9 Å². The summed E-state index contributed by atoms with van der Waals surface area (Å²) in [5, 5.41) is 5.36. The number of urea groups is 1. The molecule has 0 radical (unpaired) electrons. The largest absolute Gasteiger partial charge is 0.460 e. The van der Waals surface area contributed by atoms with Gasteiger partial charge in [0.05, 0.1) is 18.2 Å². The predicted molar refractivity (Wildman–Crippen MR) is 81.0 cm³/mol. The molecule has 1 atom stereocenters. The number of esters is 1. The lowest BCUT2D eigenvalue weighted by atomic mass is 9.96. The maximum Gasteiger partial charge on any atom is 0.338 e. The lowest BCUT2D eigenvalue weighted by Gasteiger charge is -2.28.